The summed E-state index contributed by atoms with van der Waals surface area (Å²) in [6.07, 6.45) is 1.93. The molecular weight excluding hydrogens is 318 g/mol. The van der Waals surface area contributed by atoms with Crippen molar-refractivity contribution in [3.05, 3.63) is 23.2 Å². The van der Waals surface area contributed by atoms with Crippen molar-refractivity contribution in [2.24, 2.45) is 5.92 Å². The summed E-state index contributed by atoms with van der Waals surface area (Å²) in [5.41, 5.74) is 0.605. The summed E-state index contributed by atoms with van der Waals surface area (Å²) < 4.78 is 5.57. The fourth-order valence-electron chi connectivity index (χ4n) is 3.30. The van der Waals surface area contributed by atoms with E-state index in [1.54, 1.807) is 0 Å². The number of carbonyl (C=O) groups excluding carboxylic acids is 2. The van der Waals surface area contributed by atoms with E-state index in [0.717, 1.165) is 30.7 Å². The predicted molar refractivity (Wildman–Crippen MR) is 97.7 cm³/mol. The highest BCUT2D eigenvalue weighted by Crippen LogP contribution is 2.23. The number of aryl methyl sites for hydroxylation is 2. The Morgan fingerprint density at radius 2 is 2.00 bits per heavy atom. The standard InChI is InChI=1S/C19H31N3O3/c1-12-10-13(2)25-16(12)17(23)22-9-7-8-15(11-22)14(3)20-18(24)21-19(4,5)6/h10,14-15H,7-9,11H2,1-6H3,(H2,20,21,24)/t14-,15-/m1/s1. The second kappa shape index (κ2) is 7.50. The third-order valence-corrected chi connectivity index (χ3v) is 4.53. The van der Waals surface area contributed by atoms with Gasteiger partial charge in [-0.3, -0.25) is 4.79 Å². The summed E-state index contributed by atoms with van der Waals surface area (Å²) in [6, 6.07) is 1.72. The fraction of sp³-hybridized carbons (Fsp3) is 0.684. The van der Waals surface area contributed by atoms with Crippen molar-refractivity contribution in [1.29, 1.82) is 0 Å². The van der Waals surface area contributed by atoms with E-state index in [1.165, 1.54) is 0 Å². The van der Waals surface area contributed by atoms with E-state index in [4.69, 9.17) is 4.42 Å². The largest absolute Gasteiger partial charge is 0.456 e. The third-order valence-electron chi connectivity index (χ3n) is 4.53. The minimum absolute atomic E-state index is 0.00242. The van der Waals surface area contributed by atoms with Crippen LogP contribution in [-0.2, 0) is 0 Å². The maximum Gasteiger partial charge on any atom is 0.315 e. The van der Waals surface area contributed by atoms with Crippen molar-refractivity contribution < 1.29 is 14.0 Å². The Morgan fingerprint density at radius 1 is 1.32 bits per heavy atom. The Bertz CT molecular complexity index is 630. The molecule has 2 rings (SSSR count). The third kappa shape index (κ3) is 5.25. The van der Waals surface area contributed by atoms with E-state index in [0.29, 0.717) is 12.3 Å². The van der Waals surface area contributed by atoms with Crippen LogP contribution >= 0.6 is 0 Å². The van der Waals surface area contributed by atoms with Crippen molar-refractivity contribution >= 4 is 11.9 Å². The quantitative estimate of drug-likeness (QED) is 0.880. The zero-order valence-electron chi connectivity index (χ0n) is 16.2. The molecule has 140 valence electrons. The summed E-state index contributed by atoms with van der Waals surface area (Å²) in [5, 5.41) is 5.92. The average Bonchev–Trinajstić information content (AvgIpc) is 2.83. The molecule has 1 aliphatic heterocycles. The molecule has 6 nitrogen and oxygen atoms in total. The molecule has 0 spiro atoms. The molecule has 1 aromatic rings. The molecule has 1 aromatic heterocycles. The number of nitrogens with one attached hydrogen (secondary N) is 2. The van der Waals surface area contributed by atoms with Gasteiger partial charge in [-0.2, -0.15) is 0 Å². The number of hydrogen-bond donors (Lipinski definition) is 2. The molecule has 2 atom stereocenters. The second-order valence-corrected chi connectivity index (χ2v) is 8.16. The lowest BCUT2D eigenvalue weighted by molar-refractivity contribution is 0.0619. The monoisotopic (exact) mass is 349 g/mol. The Kier molecular flexibility index (Phi) is 5.80. The minimum Gasteiger partial charge on any atom is -0.456 e. The first kappa shape index (κ1) is 19.3. The maximum absolute atomic E-state index is 12.7. The molecule has 1 fully saturated rings. The van der Waals surface area contributed by atoms with Gasteiger partial charge in [0.05, 0.1) is 0 Å². The van der Waals surface area contributed by atoms with Crippen LogP contribution in [0.5, 0.6) is 0 Å². The Morgan fingerprint density at radius 3 is 2.56 bits per heavy atom. The fourth-order valence-corrected chi connectivity index (χ4v) is 3.30. The molecule has 2 N–H and O–H groups in total. The molecule has 1 saturated heterocycles. The molecule has 25 heavy (non-hydrogen) atoms. The zero-order valence-corrected chi connectivity index (χ0v) is 16.2. The van der Waals surface area contributed by atoms with Crippen LogP contribution in [0.2, 0.25) is 0 Å². The van der Waals surface area contributed by atoms with Crippen LogP contribution in [0.4, 0.5) is 4.79 Å². The summed E-state index contributed by atoms with van der Waals surface area (Å²) in [7, 11) is 0. The van der Waals surface area contributed by atoms with Gasteiger partial charge in [-0.15, -0.1) is 0 Å². The van der Waals surface area contributed by atoms with Gasteiger partial charge in [-0.25, -0.2) is 4.79 Å². The highest BCUT2D eigenvalue weighted by atomic mass is 16.4. The topological polar surface area (TPSA) is 74.6 Å². The molecule has 0 radical (unpaired) electrons. The molecule has 2 heterocycles. The van der Waals surface area contributed by atoms with E-state index in [1.807, 2.05) is 52.5 Å². The summed E-state index contributed by atoms with van der Waals surface area (Å²) >= 11 is 0. The normalized spacial score (nSPS) is 19.4. The van der Waals surface area contributed by atoms with Crippen LogP contribution in [0.15, 0.2) is 10.5 Å². The van der Waals surface area contributed by atoms with Crippen molar-refractivity contribution in [2.45, 2.75) is 66.0 Å². The van der Waals surface area contributed by atoms with Gasteiger partial charge in [0, 0.05) is 30.2 Å². The van der Waals surface area contributed by atoms with Gasteiger partial charge < -0.3 is 20.0 Å². The van der Waals surface area contributed by atoms with Crippen molar-refractivity contribution in [3.63, 3.8) is 0 Å². The summed E-state index contributed by atoms with van der Waals surface area (Å²) in [6.45, 7) is 13.0. The molecule has 0 aliphatic carbocycles. The number of piperidine rings is 1. The van der Waals surface area contributed by atoms with Gasteiger partial charge in [0.2, 0.25) is 0 Å². The lowest BCUT2D eigenvalue weighted by atomic mass is 9.91. The lowest BCUT2D eigenvalue weighted by Gasteiger charge is -2.36. The molecule has 0 aromatic carbocycles. The Hall–Kier alpha value is -1.98. The van der Waals surface area contributed by atoms with Gasteiger partial charge >= 0.3 is 6.03 Å². The number of nitrogens with zero attached hydrogens (tertiary/aromatic N) is 1. The first-order valence-electron chi connectivity index (χ1n) is 9.02. The van der Waals surface area contributed by atoms with Gasteiger partial charge in [-0.1, -0.05) is 0 Å². The smallest absolute Gasteiger partial charge is 0.315 e. The first-order chi connectivity index (χ1) is 11.6. The van der Waals surface area contributed by atoms with E-state index < -0.39 is 0 Å². The van der Waals surface area contributed by atoms with Crippen molar-refractivity contribution in [3.8, 4) is 0 Å². The van der Waals surface area contributed by atoms with E-state index in [-0.39, 0.29) is 29.4 Å². The number of urea groups is 1. The Balaban J connectivity index is 1.97. The average molecular weight is 349 g/mol. The number of furan rings is 1. The zero-order chi connectivity index (χ0) is 18.8. The highest BCUT2D eigenvalue weighted by Gasteiger charge is 2.30. The van der Waals surface area contributed by atoms with Crippen LogP contribution in [0, 0.1) is 19.8 Å². The molecular formula is C19H31N3O3. The minimum atomic E-state index is -0.271. The Labute approximate surface area is 150 Å². The van der Waals surface area contributed by atoms with Gasteiger partial charge in [0.15, 0.2) is 5.76 Å². The van der Waals surface area contributed by atoms with Crippen molar-refractivity contribution in [2.75, 3.05) is 13.1 Å². The molecule has 1 aliphatic rings. The van der Waals surface area contributed by atoms with Crippen molar-refractivity contribution in [1.82, 2.24) is 15.5 Å². The van der Waals surface area contributed by atoms with E-state index in [2.05, 4.69) is 10.6 Å². The van der Waals surface area contributed by atoms with Gasteiger partial charge in [0.1, 0.15) is 5.76 Å². The van der Waals surface area contributed by atoms with Gasteiger partial charge in [0.25, 0.3) is 5.91 Å². The van der Waals surface area contributed by atoms with Crippen LogP contribution in [-0.4, -0.2) is 41.5 Å². The predicted octanol–water partition coefficient (Wildman–Crippen LogP) is 3.23. The highest BCUT2D eigenvalue weighted by molar-refractivity contribution is 5.93. The van der Waals surface area contributed by atoms with Gasteiger partial charge in [-0.05, 0) is 66.4 Å². The number of carbonyl (C=O) groups is 2. The van der Waals surface area contributed by atoms with E-state index >= 15 is 0 Å². The van der Waals surface area contributed by atoms with Crippen LogP contribution in [0.25, 0.3) is 0 Å². The number of rotatable bonds is 3. The number of amides is 3. The van der Waals surface area contributed by atoms with Crippen LogP contribution in [0.1, 0.15) is 62.4 Å². The molecule has 6 heteroatoms. The molecule has 0 unspecified atom stereocenters. The van der Waals surface area contributed by atoms with Crippen LogP contribution < -0.4 is 10.6 Å². The number of likely N-dealkylation sites (tertiary alicyclic amines) is 1. The number of hydrogen-bond acceptors (Lipinski definition) is 3. The molecule has 0 bridgehead atoms. The first-order valence-corrected chi connectivity index (χ1v) is 9.02. The SMILES string of the molecule is Cc1cc(C)c(C(=O)N2CCC[C@@H]([C@@H](C)NC(=O)NC(C)(C)C)C2)o1. The maximum atomic E-state index is 12.7. The lowest BCUT2D eigenvalue weighted by Crippen LogP contribution is -2.53. The van der Waals surface area contributed by atoms with E-state index in [9.17, 15) is 9.59 Å². The summed E-state index contributed by atoms with van der Waals surface area (Å²) in [4.78, 5) is 26.7. The van der Waals surface area contributed by atoms with Crippen LogP contribution in [0.3, 0.4) is 0 Å². The second-order valence-electron chi connectivity index (χ2n) is 8.16. The summed E-state index contributed by atoms with van der Waals surface area (Å²) in [5.74, 6) is 1.37. The molecule has 3 amide bonds. The molecule has 0 saturated carbocycles.